The number of hydrogen-bond donors (Lipinski definition) is 2. The van der Waals surface area contributed by atoms with E-state index in [0.29, 0.717) is 19.5 Å². The summed E-state index contributed by atoms with van der Waals surface area (Å²) in [5.74, 6) is 0. The minimum Gasteiger partial charge on any atom is -0.396 e. The largest absolute Gasteiger partial charge is 0.396 e. The number of aliphatic hydroxyl groups is 1. The number of hydrogen-bond acceptors (Lipinski definition) is 5. The Kier molecular flexibility index (Phi) is 5.46. The van der Waals surface area contributed by atoms with Gasteiger partial charge in [0.15, 0.2) is 0 Å². The van der Waals surface area contributed by atoms with Gasteiger partial charge in [-0.2, -0.15) is 0 Å². The van der Waals surface area contributed by atoms with Crippen LogP contribution >= 0.6 is 0 Å². The summed E-state index contributed by atoms with van der Waals surface area (Å²) >= 11 is 0. The number of aromatic nitrogens is 4. The second kappa shape index (κ2) is 7.60. The molecule has 0 saturated carbocycles. The molecule has 102 valence electrons. The van der Waals surface area contributed by atoms with E-state index in [9.17, 15) is 0 Å². The maximum atomic E-state index is 8.74. The normalized spacial score (nSPS) is 10.8. The molecule has 0 radical (unpaired) electrons. The van der Waals surface area contributed by atoms with E-state index in [1.165, 1.54) is 5.56 Å². The molecule has 0 unspecified atom stereocenters. The molecule has 2 N–H and O–H groups in total. The molecule has 0 atom stereocenters. The van der Waals surface area contributed by atoms with Crippen molar-refractivity contribution >= 4 is 0 Å². The zero-order chi connectivity index (χ0) is 13.3. The fourth-order valence-electron chi connectivity index (χ4n) is 1.76. The van der Waals surface area contributed by atoms with Crippen molar-refractivity contribution in [2.75, 3.05) is 13.2 Å². The Labute approximate surface area is 112 Å². The van der Waals surface area contributed by atoms with E-state index < -0.39 is 0 Å². The highest BCUT2D eigenvalue weighted by atomic mass is 16.3. The summed E-state index contributed by atoms with van der Waals surface area (Å²) in [6, 6.07) is 4.02. The van der Waals surface area contributed by atoms with Crippen LogP contribution in [0.1, 0.15) is 17.7 Å². The molecular weight excluding hydrogens is 242 g/mol. The highest BCUT2D eigenvalue weighted by Crippen LogP contribution is 1.97. The van der Waals surface area contributed by atoms with Gasteiger partial charge in [0, 0.05) is 38.3 Å². The Hall–Kier alpha value is -1.79. The molecule has 0 aliphatic carbocycles. The first-order valence-corrected chi connectivity index (χ1v) is 6.48. The molecule has 2 aromatic heterocycles. The SMILES string of the molecule is OCCCn1cc(CNCCc2cccnc2)nn1. The maximum absolute atomic E-state index is 8.74. The Morgan fingerprint density at radius 3 is 3.11 bits per heavy atom. The van der Waals surface area contributed by atoms with Gasteiger partial charge in [-0.15, -0.1) is 5.10 Å². The number of aliphatic hydroxyl groups excluding tert-OH is 1. The van der Waals surface area contributed by atoms with Crippen molar-refractivity contribution in [2.24, 2.45) is 0 Å². The number of pyridine rings is 1. The van der Waals surface area contributed by atoms with Crippen LogP contribution in [0, 0.1) is 0 Å². The number of aryl methyl sites for hydroxylation is 1. The summed E-state index contributed by atoms with van der Waals surface area (Å²) in [5, 5.41) is 20.1. The second-order valence-electron chi connectivity index (χ2n) is 4.34. The van der Waals surface area contributed by atoms with Gasteiger partial charge in [0.25, 0.3) is 0 Å². The quantitative estimate of drug-likeness (QED) is 0.672. The molecule has 6 nitrogen and oxygen atoms in total. The zero-order valence-electron chi connectivity index (χ0n) is 10.9. The van der Waals surface area contributed by atoms with Gasteiger partial charge in [0.05, 0.1) is 5.69 Å². The topological polar surface area (TPSA) is 75.9 Å². The Balaban J connectivity index is 1.66. The fraction of sp³-hybridized carbons (Fsp3) is 0.462. The first-order chi connectivity index (χ1) is 9.38. The smallest absolute Gasteiger partial charge is 0.0964 e. The molecule has 0 spiro atoms. The highest BCUT2D eigenvalue weighted by Gasteiger charge is 2.00. The third-order valence-corrected chi connectivity index (χ3v) is 2.75. The van der Waals surface area contributed by atoms with Gasteiger partial charge >= 0.3 is 0 Å². The second-order valence-corrected chi connectivity index (χ2v) is 4.34. The summed E-state index contributed by atoms with van der Waals surface area (Å²) < 4.78 is 1.76. The number of nitrogens with zero attached hydrogens (tertiary/aromatic N) is 4. The molecule has 2 rings (SSSR count). The van der Waals surface area contributed by atoms with Crippen LogP contribution in [-0.4, -0.2) is 38.2 Å². The van der Waals surface area contributed by atoms with E-state index in [4.69, 9.17) is 5.11 Å². The maximum Gasteiger partial charge on any atom is 0.0964 e. The van der Waals surface area contributed by atoms with Crippen LogP contribution in [0.2, 0.25) is 0 Å². The van der Waals surface area contributed by atoms with E-state index in [-0.39, 0.29) is 6.61 Å². The van der Waals surface area contributed by atoms with Crippen molar-refractivity contribution in [2.45, 2.75) is 25.9 Å². The van der Waals surface area contributed by atoms with Gasteiger partial charge < -0.3 is 10.4 Å². The van der Waals surface area contributed by atoms with Crippen LogP contribution in [0.5, 0.6) is 0 Å². The predicted octanol–water partition coefficient (Wildman–Crippen LogP) is 0.388. The van der Waals surface area contributed by atoms with Crippen LogP contribution in [0.3, 0.4) is 0 Å². The first-order valence-electron chi connectivity index (χ1n) is 6.48. The molecule has 0 fully saturated rings. The summed E-state index contributed by atoms with van der Waals surface area (Å²) in [6.45, 7) is 2.48. The minimum absolute atomic E-state index is 0.179. The Morgan fingerprint density at radius 2 is 2.32 bits per heavy atom. The lowest BCUT2D eigenvalue weighted by molar-refractivity contribution is 0.276. The molecule has 6 heteroatoms. The van der Waals surface area contributed by atoms with Crippen molar-refractivity contribution in [1.29, 1.82) is 0 Å². The van der Waals surface area contributed by atoms with Gasteiger partial charge in [-0.3, -0.25) is 9.67 Å². The third kappa shape index (κ3) is 4.76. The van der Waals surface area contributed by atoms with Crippen LogP contribution in [0.4, 0.5) is 0 Å². The van der Waals surface area contributed by atoms with Crippen LogP contribution < -0.4 is 5.32 Å². The molecule has 0 saturated heterocycles. The van der Waals surface area contributed by atoms with Crippen LogP contribution in [-0.2, 0) is 19.5 Å². The Morgan fingerprint density at radius 1 is 1.37 bits per heavy atom. The Bertz CT molecular complexity index is 471. The van der Waals surface area contributed by atoms with Crippen LogP contribution in [0.25, 0.3) is 0 Å². The minimum atomic E-state index is 0.179. The summed E-state index contributed by atoms with van der Waals surface area (Å²) in [5.41, 5.74) is 2.14. The molecule has 19 heavy (non-hydrogen) atoms. The molecule has 0 amide bonds. The van der Waals surface area contributed by atoms with Crippen molar-refractivity contribution < 1.29 is 5.11 Å². The molecule has 2 heterocycles. The van der Waals surface area contributed by atoms with Gasteiger partial charge in [0.1, 0.15) is 0 Å². The summed E-state index contributed by atoms with van der Waals surface area (Å²) in [7, 11) is 0. The number of nitrogens with one attached hydrogen (secondary N) is 1. The predicted molar refractivity (Wildman–Crippen MR) is 71.4 cm³/mol. The molecular formula is C13H19N5O. The average Bonchev–Trinajstić information content (AvgIpc) is 2.90. The standard InChI is InChI=1S/C13H19N5O/c19-8-2-7-18-11-13(16-17-18)10-15-6-4-12-3-1-5-14-9-12/h1,3,5,9,11,15,19H,2,4,6-8,10H2. The first kappa shape index (κ1) is 13.6. The van der Waals surface area contributed by atoms with Gasteiger partial charge in [-0.05, 0) is 31.0 Å². The lowest BCUT2D eigenvalue weighted by Crippen LogP contribution is -2.17. The molecule has 0 aliphatic rings. The van der Waals surface area contributed by atoms with Crippen molar-refractivity contribution in [3.63, 3.8) is 0 Å². The van der Waals surface area contributed by atoms with E-state index in [1.54, 1.807) is 10.9 Å². The number of rotatable bonds is 8. The summed E-state index contributed by atoms with van der Waals surface area (Å²) in [4.78, 5) is 4.08. The average molecular weight is 261 g/mol. The zero-order valence-corrected chi connectivity index (χ0v) is 10.9. The van der Waals surface area contributed by atoms with E-state index in [0.717, 1.165) is 18.7 Å². The molecule has 0 bridgehead atoms. The van der Waals surface area contributed by atoms with E-state index in [2.05, 4.69) is 26.7 Å². The monoisotopic (exact) mass is 261 g/mol. The van der Waals surface area contributed by atoms with E-state index >= 15 is 0 Å². The third-order valence-electron chi connectivity index (χ3n) is 2.75. The summed E-state index contributed by atoms with van der Waals surface area (Å²) in [6.07, 6.45) is 7.23. The van der Waals surface area contributed by atoms with Crippen molar-refractivity contribution in [3.05, 3.63) is 42.0 Å². The highest BCUT2D eigenvalue weighted by molar-refractivity contribution is 5.08. The van der Waals surface area contributed by atoms with Crippen LogP contribution in [0.15, 0.2) is 30.7 Å². The van der Waals surface area contributed by atoms with E-state index in [1.807, 2.05) is 18.5 Å². The van der Waals surface area contributed by atoms with Gasteiger partial charge in [0.2, 0.25) is 0 Å². The van der Waals surface area contributed by atoms with Crippen molar-refractivity contribution in [3.8, 4) is 0 Å². The molecule has 2 aromatic rings. The molecule has 0 aromatic carbocycles. The van der Waals surface area contributed by atoms with Gasteiger partial charge in [-0.1, -0.05) is 11.3 Å². The fourth-order valence-corrected chi connectivity index (χ4v) is 1.76. The van der Waals surface area contributed by atoms with Gasteiger partial charge in [-0.25, -0.2) is 0 Å². The lowest BCUT2D eigenvalue weighted by Gasteiger charge is -2.02. The molecule has 0 aliphatic heterocycles. The lowest BCUT2D eigenvalue weighted by atomic mass is 10.2. The van der Waals surface area contributed by atoms with Crippen molar-refractivity contribution in [1.82, 2.24) is 25.3 Å².